The summed E-state index contributed by atoms with van der Waals surface area (Å²) < 4.78 is 3.98. The Balaban J connectivity index is 1.44. The fourth-order valence-electron chi connectivity index (χ4n) is 3.32. The fourth-order valence-corrected chi connectivity index (χ4v) is 3.32. The van der Waals surface area contributed by atoms with Crippen LogP contribution in [0, 0.1) is 0 Å². The Hall–Kier alpha value is -3.47. The molecule has 126 valence electrons. The van der Waals surface area contributed by atoms with Crippen molar-refractivity contribution in [2.75, 3.05) is 0 Å². The molecule has 3 heterocycles. The molecule has 0 N–H and O–H groups in total. The Morgan fingerprint density at radius 3 is 1.62 bits per heavy atom. The molecule has 5 aromatic rings. The molecule has 5 heteroatoms. The van der Waals surface area contributed by atoms with Crippen LogP contribution in [0.5, 0.6) is 0 Å². The number of rotatable bonds is 4. The molecule has 0 bridgehead atoms. The predicted octanol–water partition coefficient (Wildman–Crippen LogP) is 3.88. The van der Waals surface area contributed by atoms with E-state index in [0.717, 1.165) is 33.2 Å². The summed E-state index contributed by atoms with van der Waals surface area (Å²) >= 11 is 0. The number of fused-ring (bicyclic) bond motifs is 2. The smallest absolute Gasteiger partial charge is 0.0838 e. The van der Waals surface area contributed by atoms with Crippen LogP contribution in [-0.4, -0.2) is 24.5 Å². The van der Waals surface area contributed by atoms with Gasteiger partial charge in [0, 0.05) is 10.8 Å². The van der Waals surface area contributed by atoms with Crippen LogP contribution in [0.3, 0.4) is 0 Å². The van der Waals surface area contributed by atoms with Crippen molar-refractivity contribution in [2.45, 2.75) is 13.1 Å². The molecular weight excluding hydrogens is 322 g/mol. The molecule has 5 rings (SSSR count). The molecule has 0 atom stereocenters. The average Bonchev–Trinajstić information content (AvgIpc) is 3.27. The SMILES string of the molecule is c1cc(Cn2ncc3ccccc32)nc(Cn2ncc3ccccc32)c1. The zero-order valence-corrected chi connectivity index (χ0v) is 14.2. The molecule has 26 heavy (non-hydrogen) atoms. The second kappa shape index (κ2) is 6.11. The molecule has 0 aliphatic heterocycles. The van der Waals surface area contributed by atoms with Gasteiger partial charge in [-0.15, -0.1) is 0 Å². The molecule has 0 saturated carbocycles. The van der Waals surface area contributed by atoms with Crippen LogP contribution in [-0.2, 0) is 13.1 Å². The van der Waals surface area contributed by atoms with Crippen molar-refractivity contribution in [3.8, 4) is 0 Å². The molecule has 0 aliphatic rings. The van der Waals surface area contributed by atoms with Crippen molar-refractivity contribution in [1.29, 1.82) is 0 Å². The standard InChI is InChI=1S/C21H17N5/c1-3-10-20-16(6-1)12-22-25(20)14-18-8-5-9-19(24-18)15-26-21-11-4-2-7-17(21)13-23-26/h1-13H,14-15H2. The van der Waals surface area contributed by atoms with E-state index in [2.05, 4.69) is 40.5 Å². The summed E-state index contributed by atoms with van der Waals surface area (Å²) in [5, 5.41) is 11.3. The van der Waals surface area contributed by atoms with E-state index in [0.29, 0.717) is 13.1 Å². The van der Waals surface area contributed by atoms with E-state index in [1.807, 2.05) is 58.2 Å². The van der Waals surface area contributed by atoms with Gasteiger partial charge < -0.3 is 0 Å². The molecule has 0 saturated heterocycles. The normalized spacial score (nSPS) is 11.4. The number of aromatic nitrogens is 5. The summed E-state index contributed by atoms with van der Waals surface area (Å²) in [5.74, 6) is 0. The lowest BCUT2D eigenvalue weighted by Crippen LogP contribution is -2.07. The number of para-hydroxylation sites is 2. The Morgan fingerprint density at radius 2 is 1.08 bits per heavy atom. The summed E-state index contributed by atoms with van der Waals surface area (Å²) in [6, 6.07) is 22.6. The van der Waals surface area contributed by atoms with Crippen molar-refractivity contribution in [1.82, 2.24) is 24.5 Å². The third-order valence-corrected chi connectivity index (χ3v) is 4.59. The minimum atomic E-state index is 0.654. The van der Waals surface area contributed by atoms with Crippen molar-refractivity contribution in [2.24, 2.45) is 0 Å². The lowest BCUT2D eigenvalue weighted by molar-refractivity contribution is 0.669. The van der Waals surface area contributed by atoms with Crippen LogP contribution in [0.4, 0.5) is 0 Å². The van der Waals surface area contributed by atoms with Crippen molar-refractivity contribution in [3.05, 3.63) is 90.5 Å². The van der Waals surface area contributed by atoms with E-state index >= 15 is 0 Å². The highest BCUT2D eigenvalue weighted by Crippen LogP contribution is 2.16. The lowest BCUT2D eigenvalue weighted by Gasteiger charge is -2.07. The second-order valence-corrected chi connectivity index (χ2v) is 6.34. The van der Waals surface area contributed by atoms with E-state index in [9.17, 15) is 0 Å². The maximum Gasteiger partial charge on any atom is 0.0838 e. The third kappa shape index (κ3) is 2.63. The van der Waals surface area contributed by atoms with Gasteiger partial charge in [0.05, 0.1) is 47.9 Å². The summed E-state index contributed by atoms with van der Waals surface area (Å²) in [5.41, 5.74) is 4.23. The number of pyridine rings is 1. The molecule has 0 amide bonds. The molecule has 3 aromatic heterocycles. The molecule has 0 radical (unpaired) electrons. The highest BCUT2D eigenvalue weighted by Gasteiger charge is 2.07. The molecule has 5 nitrogen and oxygen atoms in total. The quantitative estimate of drug-likeness (QED) is 0.499. The van der Waals surface area contributed by atoms with Gasteiger partial charge in [-0.25, -0.2) is 0 Å². The van der Waals surface area contributed by atoms with Gasteiger partial charge in [-0.3, -0.25) is 14.3 Å². The van der Waals surface area contributed by atoms with Crippen LogP contribution in [0.25, 0.3) is 21.8 Å². The van der Waals surface area contributed by atoms with Gasteiger partial charge in [-0.05, 0) is 24.3 Å². The molecule has 0 spiro atoms. The zero-order chi connectivity index (χ0) is 17.3. The van der Waals surface area contributed by atoms with Gasteiger partial charge in [0.25, 0.3) is 0 Å². The van der Waals surface area contributed by atoms with Crippen LogP contribution in [0.2, 0.25) is 0 Å². The maximum atomic E-state index is 4.81. The third-order valence-electron chi connectivity index (χ3n) is 4.59. The number of nitrogens with zero attached hydrogens (tertiary/aromatic N) is 5. The van der Waals surface area contributed by atoms with Crippen molar-refractivity contribution in [3.63, 3.8) is 0 Å². The highest BCUT2D eigenvalue weighted by molar-refractivity contribution is 5.79. The largest absolute Gasteiger partial charge is 0.259 e. The van der Waals surface area contributed by atoms with Crippen LogP contribution < -0.4 is 0 Å². The Kier molecular flexibility index (Phi) is 3.49. The van der Waals surface area contributed by atoms with Crippen LogP contribution >= 0.6 is 0 Å². The number of benzene rings is 2. The van der Waals surface area contributed by atoms with Gasteiger partial charge >= 0.3 is 0 Å². The summed E-state index contributed by atoms with van der Waals surface area (Å²) in [6.07, 6.45) is 3.80. The first kappa shape index (κ1) is 14.8. The van der Waals surface area contributed by atoms with E-state index in [1.165, 1.54) is 0 Å². The first-order valence-corrected chi connectivity index (χ1v) is 8.63. The van der Waals surface area contributed by atoms with Gasteiger partial charge in [0.1, 0.15) is 0 Å². The molecule has 0 unspecified atom stereocenters. The Labute approximate surface area is 150 Å². The average molecular weight is 339 g/mol. The van der Waals surface area contributed by atoms with Gasteiger partial charge in [-0.2, -0.15) is 10.2 Å². The van der Waals surface area contributed by atoms with E-state index in [-0.39, 0.29) is 0 Å². The summed E-state index contributed by atoms with van der Waals surface area (Å²) in [7, 11) is 0. The maximum absolute atomic E-state index is 4.81. The van der Waals surface area contributed by atoms with Gasteiger partial charge in [-0.1, -0.05) is 42.5 Å². The van der Waals surface area contributed by atoms with E-state index in [4.69, 9.17) is 4.98 Å². The fraction of sp³-hybridized carbons (Fsp3) is 0.0952. The zero-order valence-electron chi connectivity index (χ0n) is 14.2. The minimum absolute atomic E-state index is 0.654. The van der Waals surface area contributed by atoms with Crippen molar-refractivity contribution < 1.29 is 0 Å². The molecule has 2 aromatic carbocycles. The predicted molar refractivity (Wildman–Crippen MR) is 102 cm³/mol. The van der Waals surface area contributed by atoms with Gasteiger partial charge in [0.2, 0.25) is 0 Å². The second-order valence-electron chi connectivity index (χ2n) is 6.34. The molecule has 0 aliphatic carbocycles. The summed E-state index contributed by atoms with van der Waals surface area (Å²) in [6.45, 7) is 1.31. The first-order chi connectivity index (χ1) is 12.9. The van der Waals surface area contributed by atoms with Crippen LogP contribution in [0.1, 0.15) is 11.4 Å². The van der Waals surface area contributed by atoms with Gasteiger partial charge in [0.15, 0.2) is 0 Å². The lowest BCUT2D eigenvalue weighted by atomic mass is 10.2. The van der Waals surface area contributed by atoms with Crippen molar-refractivity contribution >= 4 is 21.8 Å². The molecule has 0 fully saturated rings. The van der Waals surface area contributed by atoms with E-state index < -0.39 is 0 Å². The number of hydrogen-bond donors (Lipinski definition) is 0. The summed E-state index contributed by atoms with van der Waals surface area (Å²) in [4.78, 5) is 4.81. The topological polar surface area (TPSA) is 48.5 Å². The monoisotopic (exact) mass is 339 g/mol. The first-order valence-electron chi connectivity index (χ1n) is 8.63. The number of hydrogen-bond acceptors (Lipinski definition) is 3. The van der Waals surface area contributed by atoms with E-state index in [1.54, 1.807) is 0 Å². The Morgan fingerprint density at radius 1 is 0.577 bits per heavy atom. The van der Waals surface area contributed by atoms with Crippen LogP contribution in [0.15, 0.2) is 79.1 Å². The minimum Gasteiger partial charge on any atom is -0.259 e. The molecular formula is C21H17N5. The highest BCUT2D eigenvalue weighted by atomic mass is 15.3. The Bertz CT molecular complexity index is 1110.